The second-order valence-corrected chi connectivity index (χ2v) is 5.32. The minimum atomic E-state index is 0.172. The number of carbonyl (C=O) groups excluding carboxylic acids is 1. The molecule has 0 amide bonds. The topological polar surface area (TPSA) is 35.5 Å². The lowest BCUT2D eigenvalue weighted by molar-refractivity contribution is -0.111. The third kappa shape index (κ3) is 2.57. The van der Waals surface area contributed by atoms with E-state index in [9.17, 15) is 4.79 Å². The minimum Gasteiger partial charge on any atom is -0.374 e. The van der Waals surface area contributed by atoms with Gasteiger partial charge in [-0.1, -0.05) is 0 Å². The molecule has 0 radical (unpaired) electrons. The van der Waals surface area contributed by atoms with Gasteiger partial charge in [-0.05, 0) is 61.8 Å². The van der Waals surface area contributed by atoms with Gasteiger partial charge >= 0.3 is 0 Å². The Morgan fingerprint density at radius 1 is 0.889 bits per heavy atom. The molecule has 2 saturated heterocycles. The molecule has 2 aliphatic heterocycles. The van der Waals surface area contributed by atoms with Crippen molar-refractivity contribution in [1.82, 2.24) is 0 Å². The van der Waals surface area contributed by atoms with E-state index < -0.39 is 0 Å². The largest absolute Gasteiger partial charge is 0.374 e. The number of Topliss-reactive ketones (excluding diaryl/α,β-unsaturated/α-hetero) is 1. The summed E-state index contributed by atoms with van der Waals surface area (Å²) in [6, 6.07) is 0. The number of carbonyl (C=O) groups is 1. The van der Waals surface area contributed by atoms with Gasteiger partial charge < -0.3 is 9.47 Å². The second-order valence-electron chi connectivity index (χ2n) is 5.32. The van der Waals surface area contributed by atoms with Gasteiger partial charge in [-0.25, -0.2) is 0 Å². The minimum absolute atomic E-state index is 0.172. The molecule has 3 nitrogen and oxygen atoms in total. The van der Waals surface area contributed by atoms with Crippen LogP contribution in [-0.2, 0) is 14.3 Å². The van der Waals surface area contributed by atoms with Crippen LogP contribution in [0.25, 0.3) is 0 Å². The zero-order valence-corrected chi connectivity index (χ0v) is 10.7. The maximum atomic E-state index is 12.2. The molecule has 3 rings (SSSR count). The summed E-state index contributed by atoms with van der Waals surface area (Å²) in [5.41, 5.74) is 1.90. The van der Waals surface area contributed by atoms with Crippen molar-refractivity contribution >= 4 is 5.78 Å². The lowest BCUT2D eigenvalue weighted by Gasteiger charge is -2.05. The summed E-state index contributed by atoms with van der Waals surface area (Å²) in [4.78, 5) is 12.2. The Bertz CT molecular complexity index is 347. The Hall–Kier alpha value is -0.930. The van der Waals surface area contributed by atoms with E-state index in [1.54, 1.807) is 0 Å². The first-order chi connectivity index (χ1) is 8.83. The molecule has 0 aromatic heterocycles. The SMILES string of the molecule is O=C1C(=CC2CCCO2)CCC1=CC1CCCO1. The summed E-state index contributed by atoms with van der Waals surface area (Å²) in [6.45, 7) is 1.67. The Morgan fingerprint density at radius 2 is 1.39 bits per heavy atom. The van der Waals surface area contributed by atoms with Crippen molar-refractivity contribution in [3.63, 3.8) is 0 Å². The molecule has 2 atom stereocenters. The molecule has 2 heterocycles. The van der Waals surface area contributed by atoms with Gasteiger partial charge in [-0.15, -0.1) is 0 Å². The van der Waals surface area contributed by atoms with Crippen LogP contribution in [-0.4, -0.2) is 31.2 Å². The summed E-state index contributed by atoms with van der Waals surface area (Å²) in [5.74, 6) is 0.223. The van der Waals surface area contributed by atoms with E-state index in [1.165, 1.54) is 0 Å². The van der Waals surface area contributed by atoms with E-state index in [0.717, 1.165) is 62.9 Å². The van der Waals surface area contributed by atoms with E-state index in [0.29, 0.717) is 0 Å². The van der Waals surface area contributed by atoms with Gasteiger partial charge in [0.15, 0.2) is 5.78 Å². The Labute approximate surface area is 108 Å². The number of ketones is 1. The molecule has 0 N–H and O–H groups in total. The van der Waals surface area contributed by atoms with Crippen LogP contribution in [0.1, 0.15) is 38.5 Å². The summed E-state index contributed by atoms with van der Waals surface area (Å²) < 4.78 is 11.1. The molecule has 0 bridgehead atoms. The first-order valence-electron chi connectivity index (χ1n) is 7.02. The molecule has 98 valence electrons. The van der Waals surface area contributed by atoms with Crippen molar-refractivity contribution in [2.24, 2.45) is 0 Å². The van der Waals surface area contributed by atoms with Crippen molar-refractivity contribution in [2.45, 2.75) is 50.7 Å². The van der Waals surface area contributed by atoms with Gasteiger partial charge in [0.2, 0.25) is 0 Å². The summed E-state index contributed by atoms with van der Waals surface area (Å²) >= 11 is 0. The highest BCUT2D eigenvalue weighted by Gasteiger charge is 2.26. The van der Waals surface area contributed by atoms with Crippen molar-refractivity contribution in [3.8, 4) is 0 Å². The standard InChI is InChI=1S/C15H20O3/c16-15-11(9-13-3-1-7-17-13)5-6-12(15)10-14-4-2-8-18-14/h9-10,13-14H,1-8H2. The number of allylic oxidation sites excluding steroid dienone is 2. The molecule has 0 aromatic rings. The third-order valence-electron chi connectivity index (χ3n) is 3.95. The maximum Gasteiger partial charge on any atom is 0.184 e. The first-order valence-corrected chi connectivity index (χ1v) is 7.02. The van der Waals surface area contributed by atoms with Crippen LogP contribution in [0, 0.1) is 0 Å². The molecule has 3 heteroatoms. The van der Waals surface area contributed by atoms with Crippen molar-refractivity contribution in [1.29, 1.82) is 0 Å². The van der Waals surface area contributed by atoms with Crippen molar-refractivity contribution < 1.29 is 14.3 Å². The fraction of sp³-hybridized carbons (Fsp3) is 0.667. The predicted molar refractivity (Wildman–Crippen MR) is 68.4 cm³/mol. The van der Waals surface area contributed by atoms with E-state index in [-0.39, 0.29) is 18.0 Å². The highest BCUT2D eigenvalue weighted by Crippen LogP contribution is 2.29. The van der Waals surface area contributed by atoms with E-state index in [1.807, 2.05) is 12.2 Å². The number of hydrogen-bond donors (Lipinski definition) is 0. The van der Waals surface area contributed by atoms with Crippen LogP contribution in [0.4, 0.5) is 0 Å². The smallest absolute Gasteiger partial charge is 0.184 e. The molecular formula is C15H20O3. The van der Waals surface area contributed by atoms with Crippen LogP contribution < -0.4 is 0 Å². The highest BCUT2D eigenvalue weighted by molar-refractivity contribution is 6.10. The Kier molecular flexibility index (Phi) is 3.62. The molecule has 2 unspecified atom stereocenters. The number of ether oxygens (including phenoxy) is 2. The molecule has 1 aliphatic carbocycles. The van der Waals surface area contributed by atoms with Gasteiger partial charge in [-0.2, -0.15) is 0 Å². The average molecular weight is 248 g/mol. The maximum absolute atomic E-state index is 12.2. The molecule has 0 aromatic carbocycles. The zero-order chi connectivity index (χ0) is 12.4. The predicted octanol–water partition coefficient (Wildman–Crippen LogP) is 2.56. The van der Waals surface area contributed by atoms with E-state index in [4.69, 9.17) is 9.47 Å². The van der Waals surface area contributed by atoms with Crippen molar-refractivity contribution in [2.75, 3.05) is 13.2 Å². The summed E-state index contributed by atoms with van der Waals surface area (Å²) in [6.07, 6.45) is 10.5. The average Bonchev–Trinajstić information content (AvgIpc) is 3.08. The lowest BCUT2D eigenvalue weighted by Crippen LogP contribution is -2.07. The van der Waals surface area contributed by atoms with Gasteiger partial charge in [0, 0.05) is 13.2 Å². The number of rotatable bonds is 2. The van der Waals surface area contributed by atoms with Gasteiger partial charge in [-0.3, -0.25) is 4.79 Å². The zero-order valence-electron chi connectivity index (χ0n) is 10.7. The molecular weight excluding hydrogens is 228 g/mol. The molecule has 18 heavy (non-hydrogen) atoms. The monoisotopic (exact) mass is 248 g/mol. The van der Waals surface area contributed by atoms with Crippen LogP contribution in [0.2, 0.25) is 0 Å². The Balaban J connectivity index is 1.67. The van der Waals surface area contributed by atoms with Crippen LogP contribution in [0.15, 0.2) is 23.3 Å². The highest BCUT2D eigenvalue weighted by atomic mass is 16.5. The number of hydrogen-bond acceptors (Lipinski definition) is 3. The van der Waals surface area contributed by atoms with E-state index >= 15 is 0 Å². The summed E-state index contributed by atoms with van der Waals surface area (Å²) in [7, 11) is 0. The van der Waals surface area contributed by atoms with Crippen LogP contribution in [0.5, 0.6) is 0 Å². The molecule has 0 spiro atoms. The fourth-order valence-electron chi connectivity index (χ4n) is 2.94. The van der Waals surface area contributed by atoms with Gasteiger partial charge in [0.05, 0.1) is 12.2 Å². The normalized spacial score (nSPS) is 37.2. The lowest BCUT2D eigenvalue weighted by atomic mass is 10.1. The van der Waals surface area contributed by atoms with Gasteiger partial charge in [0.25, 0.3) is 0 Å². The second kappa shape index (κ2) is 5.37. The molecule has 3 aliphatic rings. The first kappa shape index (κ1) is 12.1. The van der Waals surface area contributed by atoms with Crippen LogP contribution >= 0.6 is 0 Å². The quantitative estimate of drug-likeness (QED) is 0.704. The third-order valence-corrected chi connectivity index (χ3v) is 3.95. The van der Waals surface area contributed by atoms with Crippen molar-refractivity contribution in [3.05, 3.63) is 23.3 Å². The Morgan fingerprint density at radius 3 is 1.78 bits per heavy atom. The van der Waals surface area contributed by atoms with Gasteiger partial charge in [0.1, 0.15) is 0 Å². The molecule has 1 saturated carbocycles. The fourth-order valence-corrected chi connectivity index (χ4v) is 2.94. The summed E-state index contributed by atoms with van der Waals surface area (Å²) in [5, 5.41) is 0. The van der Waals surface area contributed by atoms with Crippen LogP contribution in [0.3, 0.4) is 0 Å². The molecule has 3 fully saturated rings. The van der Waals surface area contributed by atoms with E-state index in [2.05, 4.69) is 0 Å².